The van der Waals surface area contributed by atoms with E-state index in [4.69, 9.17) is 4.74 Å². The van der Waals surface area contributed by atoms with Crippen LogP contribution in [0.2, 0.25) is 0 Å². The van der Waals surface area contributed by atoms with Crippen LogP contribution in [0.1, 0.15) is 26.7 Å². The third-order valence-corrected chi connectivity index (χ3v) is 5.02. The van der Waals surface area contributed by atoms with Gasteiger partial charge in [0.25, 0.3) is 0 Å². The molecule has 0 bridgehead atoms. The van der Waals surface area contributed by atoms with E-state index >= 15 is 0 Å². The third-order valence-electron chi connectivity index (χ3n) is 3.77. The van der Waals surface area contributed by atoms with Crippen molar-refractivity contribution in [3.63, 3.8) is 0 Å². The van der Waals surface area contributed by atoms with Crippen LogP contribution in [0, 0.1) is 0 Å². The number of hydrogen-bond acceptors (Lipinski definition) is 7. The highest BCUT2D eigenvalue weighted by Crippen LogP contribution is 2.38. The van der Waals surface area contributed by atoms with Crippen molar-refractivity contribution in [1.29, 1.82) is 0 Å². The minimum atomic E-state index is -1.11. The van der Waals surface area contributed by atoms with Crippen LogP contribution in [-0.2, 0) is 4.74 Å². The molecule has 0 aromatic carbocycles. The molecule has 6 nitrogen and oxygen atoms in total. The number of ether oxygens (including phenoxy) is 1. The van der Waals surface area contributed by atoms with Crippen molar-refractivity contribution in [1.82, 2.24) is 4.90 Å². The Labute approximate surface area is 123 Å². The van der Waals surface area contributed by atoms with E-state index in [1.807, 2.05) is 18.9 Å². The van der Waals surface area contributed by atoms with Gasteiger partial charge in [-0.1, -0.05) is 25.6 Å². The van der Waals surface area contributed by atoms with E-state index in [0.717, 1.165) is 18.1 Å². The van der Waals surface area contributed by atoms with Crippen LogP contribution < -0.4 is 0 Å². The molecular formula is C13H24N2O4S. The molecule has 1 saturated heterocycles. The fourth-order valence-electron chi connectivity index (χ4n) is 2.54. The van der Waals surface area contributed by atoms with Crippen molar-refractivity contribution < 1.29 is 20.1 Å². The molecule has 2 heterocycles. The lowest BCUT2D eigenvalue weighted by Crippen LogP contribution is -2.58. The zero-order valence-electron chi connectivity index (χ0n) is 12.1. The van der Waals surface area contributed by atoms with Crippen LogP contribution in [0.15, 0.2) is 4.99 Å². The molecule has 0 amide bonds. The van der Waals surface area contributed by atoms with Crippen LogP contribution in [0.25, 0.3) is 0 Å². The van der Waals surface area contributed by atoms with E-state index < -0.39 is 30.5 Å². The highest BCUT2D eigenvalue weighted by atomic mass is 32.2. The first kappa shape index (κ1) is 16.0. The molecule has 6 atom stereocenters. The van der Waals surface area contributed by atoms with Crippen molar-refractivity contribution in [3.8, 4) is 0 Å². The molecule has 2 aliphatic rings. The number of nitrogens with zero attached hydrogens (tertiary/aromatic N) is 2. The van der Waals surface area contributed by atoms with Gasteiger partial charge in [-0.2, -0.15) is 0 Å². The van der Waals surface area contributed by atoms with E-state index in [9.17, 15) is 15.3 Å². The number of fused-ring (bicyclic) bond motifs is 1. The molecule has 3 N–H and O–H groups in total. The number of aliphatic hydroxyl groups excluding tert-OH is 3. The monoisotopic (exact) mass is 304 g/mol. The summed E-state index contributed by atoms with van der Waals surface area (Å²) in [6.07, 6.45) is -2.16. The van der Waals surface area contributed by atoms with Crippen LogP contribution in [0.3, 0.4) is 0 Å². The maximum atomic E-state index is 10.2. The Morgan fingerprint density at radius 3 is 2.65 bits per heavy atom. The summed E-state index contributed by atoms with van der Waals surface area (Å²) >= 11 is 1.45. The molecule has 2 rings (SSSR count). The number of aliphatic imine (C=N–C) groups is 1. The lowest BCUT2D eigenvalue weighted by molar-refractivity contribution is -0.185. The van der Waals surface area contributed by atoms with Gasteiger partial charge >= 0.3 is 0 Å². The normalized spacial score (nSPS) is 38.3. The Balaban J connectivity index is 2.09. The number of amidine groups is 1. The smallest absolute Gasteiger partial charge is 0.162 e. The average Bonchev–Trinajstić information content (AvgIpc) is 2.86. The van der Waals surface area contributed by atoms with Gasteiger partial charge < -0.3 is 25.0 Å². The van der Waals surface area contributed by atoms with Crippen molar-refractivity contribution in [3.05, 3.63) is 0 Å². The number of rotatable bonds is 4. The van der Waals surface area contributed by atoms with Gasteiger partial charge in [0.2, 0.25) is 0 Å². The van der Waals surface area contributed by atoms with Crippen molar-refractivity contribution in [2.24, 2.45) is 4.99 Å². The van der Waals surface area contributed by atoms with Gasteiger partial charge in [0.15, 0.2) is 5.17 Å². The Kier molecular flexibility index (Phi) is 5.30. The predicted octanol–water partition coefficient (Wildman–Crippen LogP) is 0.0172. The second kappa shape index (κ2) is 6.62. The number of hydrogen-bond donors (Lipinski definition) is 3. The Morgan fingerprint density at radius 2 is 2.05 bits per heavy atom. The van der Waals surface area contributed by atoms with Crippen molar-refractivity contribution >= 4 is 16.9 Å². The van der Waals surface area contributed by atoms with E-state index in [1.165, 1.54) is 11.8 Å². The topological polar surface area (TPSA) is 85.5 Å². The maximum Gasteiger partial charge on any atom is 0.162 e. The zero-order valence-corrected chi connectivity index (χ0v) is 13.0. The van der Waals surface area contributed by atoms with Crippen molar-refractivity contribution in [2.75, 3.05) is 13.6 Å². The summed E-state index contributed by atoms with van der Waals surface area (Å²) in [6, 6.07) is -0.468. The molecule has 2 aliphatic heterocycles. The Bertz CT molecular complexity index is 368. The average molecular weight is 304 g/mol. The quantitative estimate of drug-likeness (QED) is 0.679. The van der Waals surface area contributed by atoms with Gasteiger partial charge in [0.05, 0.1) is 6.10 Å². The summed E-state index contributed by atoms with van der Waals surface area (Å²) in [6.45, 7) is 4.79. The molecule has 0 radical (unpaired) electrons. The van der Waals surface area contributed by atoms with E-state index in [1.54, 1.807) is 0 Å². The maximum absolute atomic E-state index is 10.2. The second-order valence-electron chi connectivity index (χ2n) is 5.37. The van der Waals surface area contributed by atoms with Crippen molar-refractivity contribution in [2.45, 2.75) is 62.6 Å². The molecule has 0 aromatic rings. The molecule has 0 spiro atoms. The lowest BCUT2D eigenvalue weighted by Gasteiger charge is -2.40. The van der Waals surface area contributed by atoms with Gasteiger partial charge in [-0.25, -0.2) is 0 Å². The summed E-state index contributed by atoms with van der Waals surface area (Å²) in [7, 11) is 1.95. The van der Waals surface area contributed by atoms with E-state index in [0.29, 0.717) is 6.42 Å². The summed E-state index contributed by atoms with van der Waals surface area (Å²) in [5, 5.41) is 31.0. The SMILES string of the molecule is CCCN(C)C1=N[C@@H]2[C@@H](O)[C@H](O)[C@@H](C(O)CC)O[C@@H]2S1. The first-order valence-corrected chi connectivity index (χ1v) is 8.02. The standard InChI is InChI=1S/C13H24N2O4S/c1-4-6-15(3)13-14-8-9(17)10(18)11(7(16)5-2)19-12(8)20-13/h7-12,16-18H,4-6H2,1-3H3/t7?,8-,9-,10+,11-,12-/m1/s1. The molecule has 0 aromatic heterocycles. The minimum Gasteiger partial charge on any atom is -0.390 e. The molecule has 1 fully saturated rings. The molecule has 7 heteroatoms. The largest absolute Gasteiger partial charge is 0.390 e. The zero-order chi connectivity index (χ0) is 14.9. The van der Waals surface area contributed by atoms with Gasteiger partial charge in [-0.3, -0.25) is 4.99 Å². The van der Waals surface area contributed by atoms with Crippen LogP contribution in [-0.4, -0.2) is 74.9 Å². The summed E-state index contributed by atoms with van der Waals surface area (Å²) < 4.78 is 5.77. The van der Waals surface area contributed by atoms with Gasteiger partial charge in [-0.05, 0) is 12.8 Å². The summed E-state index contributed by atoms with van der Waals surface area (Å²) in [4.78, 5) is 6.49. The lowest BCUT2D eigenvalue weighted by atomic mass is 9.94. The summed E-state index contributed by atoms with van der Waals surface area (Å²) in [5.41, 5.74) is -0.339. The highest BCUT2D eigenvalue weighted by Gasteiger charge is 2.50. The number of thioether (sulfide) groups is 1. The second-order valence-corrected chi connectivity index (χ2v) is 6.43. The molecule has 1 unspecified atom stereocenters. The Morgan fingerprint density at radius 1 is 1.35 bits per heavy atom. The summed E-state index contributed by atoms with van der Waals surface area (Å²) in [5.74, 6) is 0. The highest BCUT2D eigenvalue weighted by molar-refractivity contribution is 8.14. The van der Waals surface area contributed by atoms with E-state index in [-0.39, 0.29) is 5.44 Å². The predicted molar refractivity (Wildman–Crippen MR) is 78.7 cm³/mol. The van der Waals surface area contributed by atoms with Crippen LogP contribution in [0.5, 0.6) is 0 Å². The molecular weight excluding hydrogens is 280 g/mol. The first-order valence-electron chi connectivity index (χ1n) is 7.14. The molecule has 116 valence electrons. The van der Waals surface area contributed by atoms with Gasteiger partial charge in [0.1, 0.15) is 29.8 Å². The fourth-order valence-corrected chi connectivity index (χ4v) is 3.75. The van der Waals surface area contributed by atoms with Gasteiger partial charge in [-0.15, -0.1) is 0 Å². The van der Waals surface area contributed by atoms with Gasteiger partial charge in [0, 0.05) is 13.6 Å². The van der Waals surface area contributed by atoms with Crippen LogP contribution in [0.4, 0.5) is 0 Å². The van der Waals surface area contributed by atoms with Crippen LogP contribution >= 0.6 is 11.8 Å². The third kappa shape index (κ3) is 2.96. The molecule has 0 aliphatic carbocycles. The fraction of sp³-hybridized carbons (Fsp3) is 0.923. The first-order chi connectivity index (χ1) is 9.49. The molecule has 0 saturated carbocycles. The Hall–Kier alpha value is -0.340. The van der Waals surface area contributed by atoms with E-state index in [2.05, 4.69) is 11.9 Å². The minimum absolute atomic E-state index is 0.339. The molecule has 20 heavy (non-hydrogen) atoms. The number of aliphatic hydroxyl groups is 3.